The summed E-state index contributed by atoms with van der Waals surface area (Å²) < 4.78 is 12.7. The van der Waals surface area contributed by atoms with Crippen LogP contribution >= 0.6 is 11.3 Å². The first-order chi connectivity index (χ1) is 7.20. The molecule has 0 bridgehead atoms. The summed E-state index contributed by atoms with van der Waals surface area (Å²) in [5.74, 6) is -0.231. The average Bonchev–Trinajstić information content (AvgIpc) is 2.61. The summed E-state index contributed by atoms with van der Waals surface area (Å²) >= 11 is 1.58. The molecule has 1 aromatic carbocycles. The molecule has 0 amide bonds. The SMILES string of the molecule is Cc1sc(CN)nc1-c1ccc(F)cc1. The second kappa shape index (κ2) is 4.08. The maximum Gasteiger partial charge on any atom is 0.123 e. The van der Waals surface area contributed by atoms with Gasteiger partial charge in [0.15, 0.2) is 0 Å². The Labute approximate surface area is 91.6 Å². The number of nitrogens with zero attached hydrogens (tertiary/aromatic N) is 1. The smallest absolute Gasteiger partial charge is 0.123 e. The van der Waals surface area contributed by atoms with Crippen LogP contribution in [0.5, 0.6) is 0 Å². The van der Waals surface area contributed by atoms with E-state index >= 15 is 0 Å². The summed E-state index contributed by atoms with van der Waals surface area (Å²) in [7, 11) is 0. The Morgan fingerprint density at radius 3 is 2.53 bits per heavy atom. The summed E-state index contributed by atoms with van der Waals surface area (Å²) in [6.45, 7) is 2.45. The van der Waals surface area contributed by atoms with Gasteiger partial charge in [0.25, 0.3) is 0 Å². The Morgan fingerprint density at radius 1 is 1.33 bits per heavy atom. The van der Waals surface area contributed by atoms with Crippen molar-refractivity contribution < 1.29 is 4.39 Å². The van der Waals surface area contributed by atoms with Crippen LogP contribution in [-0.2, 0) is 6.54 Å². The van der Waals surface area contributed by atoms with Crippen LogP contribution in [0.2, 0.25) is 0 Å². The van der Waals surface area contributed by atoms with Crippen molar-refractivity contribution in [2.24, 2.45) is 5.73 Å². The molecule has 1 aromatic heterocycles. The molecule has 0 saturated heterocycles. The highest BCUT2D eigenvalue weighted by Crippen LogP contribution is 2.27. The lowest BCUT2D eigenvalue weighted by Crippen LogP contribution is -1.94. The number of hydrogen-bond acceptors (Lipinski definition) is 3. The van der Waals surface area contributed by atoms with Crippen LogP contribution in [0.3, 0.4) is 0 Å². The molecule has 0 aliphatic rings. The highest BCUT2D eigenvalue weighted by molar-refractivity contribution is 7.12. The van der Waals surface area contributed by atoms with Crippen molar-refractivity contribution >= 4 is 11.3 Å². The molecule has 1 heterocycles. The molecule has 2 N–H and O–H groups in total. The second-order valence-electron chi connectivity index (χ2n) is 3.22. The largest absolute Gasteiger partial charge is 0.325 e. The molecule has 2 rings (SSSR count). The third-order valence-electron chi connectivity index (χ3n) is 2.13. The van der Waals surface area contributed by atoms with Crippen molar-refractivity contribution in [1.82, 2.24) is 4.98 Å². The standard InChI is InChI=1S/C11H11FN2S/c1-7-11(14-10(6-13)15-7)8-2-4-9(12)5-3-8/h2-5H,6,13H2,1H3. The summed E-state index contributed by atoms with van der Waals surface area (Å²) in [5.41, 5.74) is 7.36. The minimum atomic E-state index is -0.231. The van der Waals surface area contributed by atoms with Gasteiger partial charge in [-0.05, 0) is 31.2 Å². The van der Waals surface area contributed by atoms with Gasteiger partial charge in [0.2, 0.25) is 0 Å². The first-order valence-electron chi connectivity index (χ1n) is 4.63. The zero-order valence-electron chi connectivity index (χ0n) is 8.33. The predicted octanol–water partition coefficient (Wildman–Crippen LogP) is 2.72. The Kier molecular flexibility index (Phi) is 2.79. The highest BCUT2D eigenvalue weighted by atomic mass is 32.1. The van der Waals surface area contributed by atoms with Crippen molar-refractivity contribution in [3.63, 3.8) is 0 Å². The lowest BCUT2D eigenvalue weighted by molar-refractivity contribution is 0.628. The molecule has 0 saturated carbocycles. The first kappa shape index (κ1) is 10.3. The van der Waals surface area contributed by atoms with Gasteiger partial charge >= 0.3 is 0 Å². The number of nitrogens with two attached hydrogens (primary N) is 1. The van der Waals surface area contributed by atoms with Gasteiger partial charge in [0.1, 0.15) is 10.8 Å². The summed E-state index contributed by atoms with van der Waals surface area (Å²) in [6, 6.07) is 6.35. The highest BCUT2D eigenvalue weighted by Gasteiger charge is 2.08. The van der Waals surface area contributed by atoms with E-state index in [1.54, 1.807) is 23.5 Å². The molecule has 0 unspecified atom stereocenters. The molecule has 0 aliphatic heterocycles. The Hall–Kier alpha value is -1.26. The van der Waals surface area contributed by atoms with Crippen molar-refractivity contribution in [1.29, 1.82) is 0 Å². The summed E-state index contributed by atoms with van der Waals surface area (Å²) in [6.07, 6.45) is 0. The predicted molar refractivity (Wildman–Crippen MR) is 60.1 cm³/mol. The van der Waals surface area contributed by atoms with Crippen molar-refractivity contribution in [3.8, 4) is 11.3 Å². The van der Waals surface area contributed by atoms with E-state index in [0.717, 1.165) is 21.1 Å². The molecule has 4 heteroatoms. The van der Waals surface area contributed by atoms with Gasteiger partial charge in [0, 0.05) is 17.0 Å². The number of thiazole rings is 1. The van der Waals surface area contributed by atoms with Crippen LogP contribution in [0, 0.1) is 12.7 Å². The van der Waals surface area contributed by atoms with Crippen LogP contribution < -0.4 is 5.73 Å². The van der Waals surface area contributed by atoms with Gasteiger partial charge in [-0.3, -0.25) is 0 Å². The zero-order valence-corrected chi connectivity index (χ0v) is 9.14. The Morgan fingerprint density at radius 2 is 2.00 bits per heavy atom. The monoisotopic (exact) mass is 222 g/mol. The van der Waals surface area contributed by atoms with Crippen molar-refractivity contribution in [3.05, 3.63) is 40.0 Å². The lowest BCUT2D eigenvalue weighted by atomic mass is 10.1. The Bertz CT molecular complexity index is 462. The Balaban J connectivity index is 2.44. The molecule has 0 radical (unpaired) electrons. The second-order valence-corrected chi connectivity index (χ2v) is 4.51. The topological polar surface area (TPSA) is 38.9 Å². The van der Waals surface area contributed by atoms with E-state index in [9.17, 15) is 4.39 Å². The third-order valence-corrected chi connectivity index (χ3v) is 3.13. The number of hydrogen-bond donors (Lipinski definition) is 1. The van der Waals surface area contributed by atoms with Gasteiger partial charge in [-0.25, -0.2) is 9.37 Å². The maximum atomic E-state index is 12.7. The fourth-order valence-corrected chi connectivity index (χ4v) is 2.25. The lowest BCUT2D eigenvalue weighted by Gasteiger charge is -1.97. The molecule has 0 aliphatic carbocycles. The summed E-state index contributed by atoms with van der Waals surface area (Å²) in [5, 5.41) is 0.909. The molecule has 2 nitrogen and oxygen atoms in total. The van der Waals surface area contributed by atoms with Gasteiger partial charge in [0.05, 0.1) is 5.69 Å². The van der Waals surface area contributed by atoms with Crippen LogP contribution in [0.1, 0.15) is 9.88 Å². The van der Waals surface area contributed by atoms with E-state index in [1.807, 2.05) is 6.92 Å². The number of aromatic nitrogens is 1. The van der Waals surface area contributed by atoms with Gasteiger partial charge in [-0.15, -0.1) is 11.3 Å². The number of rotatable bonds is 2. The normalized spacial score (nSPS) is 10.6. The zero-order chi connectivity index (χ0) is 10.8. The number of halogens is 1. The number of aryl methyl sites for hydroxylation is 1. The fraction of sp³-hybridized carbons (Fsp3) is 0.182. The quantitative estimate of drug-likeness (QED) is 0.848. The molecule has 15 heavy (non-hydrogen) atoms. The van der Waals surface area contributed by atoms with Gasteiger partial charge in [-0.1, -0.05) is 0 Å². The first-order valence-corrected chi connectivity index (χ1v) is 5.44. The van der Waals surface area contributed by atoms with Crippen molar-refractivity contribution in [2.45, 2.75) is 13.5 Å². The third kappa shape index (κ3) is 2.06. The van der Waals surface area contributed by atoms with E-state index in [0.29, 0.717) is 6.54 Å². The maximum absolute atomic E-state index is 12.7. The van der Waals surface area contributed by atoms with E-state index < -0.39 is 0 Å². The molecule has 78 valence electrons. The van der Waals surface area contributed by atoms with Crippen LogP contribution in [-0.4, -0.2) is 4.98 Å². The van der Waals surface area contributed by atoms with E-state index in [2.05, 4.69) is 4.98 Å². The van der Waals surface area contributed by atoms with E-state index in [4.69, 9.17) is 5.73 Å². The summed E-state index contributed by atoms with van der Waals surface area (Å²) in [4.78, 5) is 5.51. The van der Waals surface area contributed by atoms with Gasteiger partial charge < -0.3 is 5.73 Å². The fourth-order valence-electron chi connectivity index (χ4n) is 1.41. The molecule has 0 fully saturated rings. The average molecular weight is 222 g/mol. The van der Waals surface area contributed by atoms with E-state index in [1.165, 1.54) is 12.1 Å². The minimum absolute atomic E-state index is 0.231. The van der Waals surface area contributed by atoms with E-state index in [-0.39, 0.29) is 5.82 Å². The minimum Gasteiger partial charge on any atom is -0.325 e. The molecular weight excluding hydrogens is 211 g/mol. The van der Waals surface area contributed by atoms with Crippen molar-refractivity contribution in [2.75, 3.05) is 0 Å². The molecule has 0 spiro atoms. The van der Waals surface area contributed by atoms with Crippen LogP contribution in [0.4, 0.5) is 4.39 Å². The molecule has 2 aromatic rings. The van der Waals surface area contributed by atoms with Crippen LogP contribution in [0.25, 0.3) is 11.3 Å². The van der Waals surface area contributed by atoms with Gasteiger partial charge in [-0.2, -0.15) is 0 Å². The number of benzene rings is 1. The molecular formula is C11H11FN2S. The van der Waals surface area contributed by atoms with Crippen LogP contribution in [0.15, 0.2) is 24.3 Å². The molecule has 0 atom stereocenters.